The molecule has 1 aliphatic rings. The molecule has 1 heterocycles. The Morgan fingerprint density at radius 2 is 1.92 bits per heavy atom. The summed E-state index contributed by atoms with van der Waals surface area (Å²) in [4.78, 5) is 14.4. The van der Waals surface area contributed by atoms with Crippen molar-refractivity contribution in [2.24, 2.45) is 0 Å². The Balaban J connectivity index is 1.49. The van der Waals surface area contributed by atoms with Gasteiger partial charge in [-0.25, -0.2) is 0 Å². The molecule has 0 atom stereocenters. The Hall–Kier alpha value is -1.85. The first-order valence-electron chi connectivity index (χ1n) is 8.07. The molecule has 1 amide bonds. The van der Waals surface area contributed by atoms with Crippen LogP contribution >= 0.6 is 15.9 Å². The van der Waals surface area contributed by atoms with E-state index < -0.39 is 0 Å². The number of carbonyl (C=O) groups excluding carboxylic acids is 1. The van der Waals surface area contributed by atoms with Crippen molar-refractivity contribution in [1.29, 1.82) is 0 Å². The van der Waals surface area contributed by atoms with Crippen molar-refractivity contribution in [3.05, 3.63) is 58.6 Å². The monoisotopic (exact) mass is 388 g/mol. The van der Waals surface area contributed by atoms with Crippen LogP contribution in [0.15, 0.2) is 53.0 Å². The van der Waals surface area contributed by atoms with Gasteiger partial charge in [0.1, 0.15) is 0 Å². The van der Waals surface area contributed by atoms with Gasteiger partial charge in [-0.3, -0.25) is 4.79 Å². The molecule has 1 saturated heterocycles. The normalized spacial score (nSPS) is 14.3. The molecule has 0 unspecified atom stereocenters. The van der Waals surface area contributed by atoms with Gasteiger partial charge in [-0.2, -0.15) is 0 Å². The Morgan fingerprint density at radius 3 is 2.58 bits per heavy atom. The molecule has 0 aromatic heterocycles. The lowest BCUT2D eigenvalue weighted by molar-refractivity contribution is -0.116. The van der Waals surface area contributed by atoms with Crippen LogP contribution in [0.5, 0.6) is 0 Å². The predicted molar refractivity (Wildman–Crippen MR) is 101 cm³/mol. The van der Waals surface area contributed by atoms with E-state index in [1.165, 1.54) is 0 Å². The maximum Gasteiger partial charge on any atom is 0.224 e. The summed E-state index contributed by atoms with van der Waals surface area (Å²) in [5, 5.41) is 2.96. The highest BCUT2D eigenvalue weighted by atomic mass is 79.9. The molecule has 0 saturated carbocycles. The summed E-state index contributed by atoms with van der Waals surface area (Å²) >= 11 is 3.51. The lowest BCUT2D eigenvalue weighted by atomic mass is 10.1. The van der Waals surface area contributed by atoms with Crippen molar-refractivity contribution in [2.75, 3.05) is 30.4 Å². The van der Waals surface area contributed by atoms with E-state index in [2.05, 4.69) is 26.1 Å². The lowest BCUT2D eigenvalue weighted by Crippen LogP contribution is -2.51. The van der Waals surface area contributed by atoms with Crippen molar-refractivity contribution in [3.8, 4) is 0 Å². The lowest BCUT2D eigenvalue weighted by Gasteiger charge is -2.40. The van der Waals surface area contributed by atoms with Crippen LogP contribution in [0.25, 0.3) is 0 Å². The molecule has 5 heteroatoms. The number of aryl methyl sites for hydroxylation is 1. The van der Waals surface area contributed by atoms with Crippen LogP contribution in [0.4, 0.5) is 11.4 Å². The molecule has 4 nitrogen and oxygen atoms in total. The van der Waals surface area contributed by atoms with Gasteiger partial charge in [-0.1, -0.05) is 34.1 Å². The third-order valence-corrected chi connectivity index (χ3v) is 5.05. The maximum absolute atomic E-state index is 12.1. The smallest absolute Gasteiger partial charge is 0.224 e. The van der Waals surface area contributed by atoms with Crippen molar-refractivity contribution in [3.63, 3.8) is 0 Å². The minimum atomic E-state index is 0.0295. The Morgan fingerprint density at radius 1 is 1.21 bits per heavy atom. The number of anilines is 2. The minimum absolute atomic E-state index is 0.0295. The van der Waals surface area contributed by atoms with Crippen LogP contribution in [0.3, 0.4) is 0 Å². The zero-order chi connectivity index (χ0) is 16.9. The van der Waals surface area contributed by atoms with Crippen LogP contribution in [-0.4, -0.2) is 32.2 Å². The predicted octanol–water partition coefficient (Wildman–Crippen LogP) is 3.86. The zero-order valence-corrected chi connectivity index (χ0v) is 15.3. The highest BCUT2D eigenvalue weighted by molar-refractivity contribution is 9.10. The first kappa shape index (κ1) is 17.0. The van der Waals surface area contributed by atoms with E-state index in [0.29, 0.717) is 12.5 Å². The SMILES string of the molecule is COC1CN(c2ccc(NC(=O)CCc3ccccc3Br)cc2)C1. The third-order valence-electron chi connectivity index (χ3n) is 4.28. The van der Waals surface area contributed by atoms with E-state index in [-0.39, 0.29) is 5.91 Å². The number of hydrogen-bond donors (Lipinski definition) is 1. The van der Waals surface area contributed by atoms with E-state index in [1.54, 1.807) is 7.11 Å². The summed E-state index contributed by atoms with van der Waals surface area (Å²) in [6.45, 7) is 1.85. The zero-order valence-electron chi connectivity index (χ0n) is 13.7. The maximum atomic E-state index is 12.1. The minimum Gasteiger partial charge on any atom is -0.378 e. The molecule has 0 spiro atoms. The van der Waals surface area contributed by atoms with Crippen LogP contribution in [0.1, 0.15) is 12.0 Å². The summed E-state index contributed by atoms with van der Waals surface area (Å²) in [6.07, 6.45) is 1.52. The first-order chi connectivity index (χ1) is 11.7. The van der Waals surface area contributed by atoms with E-state index in [9.17, 15) is 4.79 Å². The summed E-state index contributed by atoms with van der Waals surface area (Å²) < 4.78 is 6.33. The Bertz CT molecular complexity index is 697. The number of nitrogens with zero attached hydrogens (tertiary/aromatic N) is 1. The molecule has 1 aliphatic heterocycles. The Labute approximate surface area is 150 Å². The average Bonchev–Trinajstić information content (AvgIpc) is 2.55. The van der Waals surface area contributed by atoms with Gasteiger partial charge in [0.15, 0.2) is 0 Å². The van der Waals surface area contributed by atoms with Gasteiger partial charge in [0, 0.05) is 42.5 Å². The van der Waals surface area contributed by atoms with Gasteiger partial charge in [0.2, 0.25) is 5.91 Å². The second kappa shape index (κ2) is 7.81. The van der Waals surface area contributed by atoms with Gasteiger partial charge in [0.05, 0.1) is 6.10 Å². The van der Waals surface area contributed by atoms with Gasteiger partial charge in [-0.05, 0) is 42.3 Å². The van der Waals surface area contributed by atoms with Crippen LogP contribution in [-0.2, 0) is 16.0 Å². The number of hydrogen-bond acceptors (Lipinski definition) is 3. The molecule has 126 valence electrons. The number of rotatable bonds is 6. The van der Waals surface area contributed by atoms with E-state index in [1.807, 2.05) is 48.5 Å². The number of methoxy groups -OCH3 is 1. The molecule has 24 heavy (non-hydrogen) atoms. The molecule has 1 N–H and O–H groups in total. The van der Waals surface area contributed by atoms with E-state index in [4.69, 9.17) is 4.74 Å². The fraction of sp³-hybridized carbons (Fsp3) is 0.316. The van der Waals surface area contributed by atoms with Crippen LogP contribution in [0, 0.1) is 0 Å². The number of nitrogens with one attached hydrogen (secondary N) is 1. The second-order valence-electron chi connectivity index (χ2n) is 5.95. The molecule has 0 radical (unpaired) electrons. The average molecular weight is 389 g/mol. The number of amides is 1. The third kappa shape index (κ3) is 4.16. The molecule has 2 aromatic carbocycles. The van der Waals surface area contributed by atoms with E-state index >= 15 is 0 Å². The number of benzene rings is 2. The molecule has 0 bridgehead atoms. The van der Waals surface area contributed by atoms with Gasteiger partial charge in [0.25, 0.3) is 0 Å². The summed E-state index contributed by atoms with van der Waals surface area (Å²) in [6, 6.07) is 16.0. The van der Waals surface area contributed by atoms with Crippen molar-refractivity contribution in [2.45, 2.75) is 18.9 Å². The van der Waals surface area contributed by atoms with Crippen molar-refractivity contribution >= 4 is 33.2 Å². The molecule has 2 aromatic rings. The van der Waals surface area contributed by atoms with Gasteiger partial charge >= 0.3 is 0 Å². The molecular weight excluding hydrogens is 368 g/mol. The van der Waals surface area contributed by atoms with Gasteiger partial charge < -0.3 is 15.0 Å². The Kier molecular flexibility index (Phi) is 5.53. The molecular formula is C19H21BrN2O2. The quantitative estimate of drug-likeness (QED) is 0.816. The van der Waals surface area contributed by atoms with Crippen molar-refractivity contribution < 1.29 is 9.53 Å². The second-order valence-corrected chi connectivity index (χ2v) is 6.80. The summed E-state index contributed by atoms with van der Waals surface area (Å²) in [5.41, 5.74) is 3.14. The topological polar surface area (TPSA) is 41.6 Å². The van der Waals surface area contributed by atoms with Crippen LogP contribution < -0.4 is 10.2 Å². The number of halogens is 1. The van der Waals surface area contributed by atoms with Crippen LogP contribution in [0.2, 0.25) is 0 Å². The standard InChI is InChI=1S/C19H21BrN2O2/c1-24-17-12-22(13-17)16-9-7-15(8-10-16)21-19(23)11-6-14-4-2-3-5-18(14)20/h2-5,7-10,17H,6,11-13H2,1H3,(H,21,23). The summed E-state index contributed by atoms with van der Waals surface area (Å²) in [7, 11) is 1.74. The number of ether oxygens (including phenoxy) is 1. The molecule has 1 fully saturated rings. The molecule has 0 aliphatic carbocycles. The fourth-order valence-electron chi connectivity index (χ4n) is 2.73. The summed E-state index contributed by atoms with van der Waals surface area (Å²) in [5.74, 6) is 0.0295. The highest BCUT2D eigenvalue weighted by Gasteiger charge is 2.26. The fourth-order valence-corrected chi connectivity index (χ4v) is 3.21. The van der Waals surface area contributed by atoms with E-state index in [0.717, 1.165) is 40.9 Å². The number of carbonyl (C=O) groups is 1. The van der Waals surface area contributed by atoms with Crippen molar-refractivity contribution in [1.82, 2.24) is 0 Å². The molecule has 3 rings (SSSR count). The van der Waals surface area contributed by atoms with Gasteiger partial charge in [-0.15, -0.1) is 0 Å². The highest BCUT2D eigenvalue weighted by Crippen LogP contribution is 2.24. The largest absolute Gasteiger partial charge is 0.378 e. The first-order valence-corrected chi connectivity index (χ1v) is 8.86.